The zero-order valence-electron chi connectivity index (χ0n) is 10.3. The zero-order chi connectivity index (χ0) is 13.9. The molecular weight excluding hydrogens is 278 g/mol. The van der Waals surface area contributed by atoms with Gasteiger partial charge in [0.05, 0.1) is 17.3 Å². The topological polar surface area (TPSA) is 72.2 Å². The standard InChI is InChI=1S/C13H10ClN5O/c14-9-1-2-12-18-11(7-19(12)6-9)13(20)16-5-10-3-4-15-8-17-10/h1-4,6-8H,5H2,(H,16,20). The molecule has 0 aromatic carbocycles. The molecule has 0 bridgehead atoms. The summed E-state index contributed by atoms with van der Waals surface area (Å²) in [6, 6.07) is 5.22. The summed E-state index contributed by atoms with van der Waals surface area (Å²) in [6.07, 6.45) is 6.40. The first-order valence-corrected chi connectivity index (χ1v) is 6.27. The number of carbonyl (C=O) groups excluding carboxylic acids is 1. The van der Waals surface area contributed by atoms with Crippen molar-refractivity contribution in [3.8, 4) is 0 Å². The maximum Gasteiger partial charge on any atom is 0.271 e. The SMILES string of the molecule is O=C(NCc1ccncn1)c1cn2cc(Cl)ccc2n1. The molecule has 1 N–H and O–H groups in total. The Morgan fingerprint density at radius 2 is 2.20 bits per heavy atom. The Labute approximate surface area is 119 Å². The zero-order valence-corrected chi connectivity index (χ0v) is 11.1. The van der Waals surface area contributed by atoms with E-state index >= 15 is 0 Å². The molecule has 0 radical (unpaired) electrons. The van der Waals surface area contributed by atoms with E-state index in [9.17, 15) is 4.79 Å². The number of hydrogen-bond acceptors (Lipinski definition) is 4. The number of amides is 1. The van der Waals surface area contributed by atoms with Gasteiger partial charge in [-0.1, -0.05) is 11.6 Å². The molecule has 0 saturated heterocycles. The Hall–Kier alpha value is -2.47. The Bertz CT molecular complexity index is 756. The van der Waals surface area contributed by atoms with E-state index in [0.29, 0.717) is 22.9 Å². The van der Waals surface area contributed by atoms with Gasteiger partial charge in [-0.3, -0.25) is 4.79 Å². The summed E-state index contributed by atoms with van der Waals surface area (Å²) in [7, 11) is 0. The molecule has 0 saturated carbocycles. The number of hydrogen-bond donors (Lipinski definition) is 1. The highest BCUT2D eigenvalue weighted by Crippen LogP contribution is 2.11. The number of nitrogens with one attached hydrogen (secondary N) is 1. The molecular formula is C13H10ClN5O. The number of nitrogens with zero attached hydrogens (tertiary/aromatic N) is 4. The third-order valence-corrected chi connectivity index (χ3v) is 2.94. The van der Waals surface area contributed by atoms with Gasteiger partial charge in [0.15, 0.2) is 0 Å². The number of halogens is 1. The molecule has 100 valence electrons. The van der Waals surface area contributed by atoms with Crippen LogP contribution in [0.15, 0.2) is 43.1 Å². The second kappa shape index (κ2) is 5.26. The molecule has 3 aromatic rings. The smallest absolute Gasteiger partial charge is 0.271 e. The van der Waals surface area contributed by atoms with Crippen molar-refractivity contribution in [2.45, 2.75) is 6.54 Å². The van der Waals surface area contributed by atoms with Crippen LogP contribution in [-0.4, -0.2) is 25.3 Å². The molecule has 1 amide bonds. The summed E-state index contributed by atoms with van der Waals surface area (Å²) in [5.41, 5.74) is 1.74. The summed E-state index contributed by atoms with van der Waals surface area (Å²) in [6.45, 7) is 0.329. The minimum Gasteiger partial charge on any atom is -0.345 e. The van der Waals surface area contributed by atoms with E-state index in [-0.39, 0.29) is 5.91 Å². The van der Waals surface area contributed by atoms with Crippen LogP contribution in [0, 0.1) is 0 Å². The van der Waals surface area contributed by atoms with E-state index in [0.717, 1.165) is 5.69 Å². The Morgan fingerprint density at radius 3 is 3.00 bits per heavy atom. The predicted molar refractivity (Wildman–Crippen MR) is 73.4 cm³/mol. The molecule has 0 fully saturated rings. The van der Waals surface area contributed by atoms with E-state index in [1.165, 1.54) is 6.33 Å². The van der Waals surface area contributed by atoms with E-state index in [1.54, 1.807) is 41.2 Å². The van der Waals surface area contributed by atoms with Crippen LogP contribution in [0.4, 0.5) is 0 Å². The third-order valence-electron chi connectivity index (χ3n) is 2.72. The number of aromatic nitrogens is 4. The Kier molecular flexibility index (Phi) is 3.30. The van der Waals surface area contributed by atoms with Crippen molar-refractivity contribution in [2.24, 2.45) is 0 Å². The van der Waals surface area contributed by atoms with Crippen molar-refractivity contribution < 1.29 is 4.79 Å². The molecule has 0 aliphatic rings. The lowest BCUT2D eigenvalue weighted by atomic mass is 10.4. The average Bonchev–Trinajstić information content (AvgIpc) is 2.89. The molecule has 0 aliphatic heterocycles. The van der Waals surface area contributed by atoms with Crippen LogP contribution in [0.1, 0.15) is 16.2 Å². The molecule has 3 rings (SSSR count). The van der Waals surface area contributed by atoms with E-state index in [1.807, 2.05) is 0 Å². The summed E-state index contributed by atoms with van der Waals surface area (Å²) in [5.74, 6) is -0.261. The maximum absolute atomic E-state index is 12.0. The fourth-order valence-electron chi connectivity index (χ4n) is 1.76. The fraction of sp³-hybridized carbons (Fsp3) is 0.0769. The highest BCUT2D eigenvalue weighted by molar-refractivity contribution is 6.30. The van der Waals surface area contributed by atoms with Crippen LogP contribution in [0.25, 0.3) is 5.65 Å². The van der Waals surface area contributed by atoms with Gasteiger partial charge in [-0.15, -0.1) is 0 Å². The molecule has 0 atom stereocenters. The lowest BCUT2D eigenvalue weighted by molar-refractivity contribution is 0.0946. The van der Waals surface area contributed by atoms with Gasteiger partial charge in [0, 0.05) is 18.6 Å². The largest absolute Gasteiger partial charge is 0.345 e. The van der Waals surface area contributed by atoms with Gasteiger partial charge < -0.3 is 9.72 Å². The second-order valence-corrected chi connectivity index (χ2v) is 4.56. The minimum absolute atomic E-state index is 0.261. The molecule has 0 aliphatic carbocycles. The van der Waals surface area contributed by atoms with Gasteiger partial charge in [-0.05, 0) is 18.2 Å². The number of fused-ring (bicyclic) bond motifs is 1. The first-order valence-electron chi connectivity index (χ1n) is 5.90. The summed E-state index contributed by atoms with van der Waals surface area (Å²) in [4.78, 5) is 24.1. The first kappa shape index (κ1) is 12.6. The van der Waals surface area contributed by atoms with E-state index in [4.69, 9.17) is 11.6 Å². The Balaban J connectivity index is 1.75. The fourth-order valence-corrected chi connectivity index (χ4v) is 1.93. The molecule has 0 spiro atoms. The number of imidazole rings is 1. The normalized spacial score (nSPS) is 10.7. The van der Waals surface area contributed by atoms with Crippen LogP contribution in [0.3, 0.4) is 0 Å². The van der Waals surface area contributed by atoms with Gasteiger partial charge in [0.25, 0.3) is 5.91 Å². The molecule has 6 nitrogen and oxygen atoms in total. The quantitative estimate of drug-likeness (QED) is 0.796. The van der Waals surface area contributed by atoms with Crippen molar-refractivity contribution in [3.63, 3.8) is 0 Å². The second-order valence-electron chi connectivity index (χ2n) is 4.12. The van der Waals surface area contributed by atoms with Gasteiger partial charge >= 0.3 is 0 Å². The summed E-state index contributed by atoms with van der Waals surface area (Å²) in [5, 5.41) is 3.34. The van der Waals surface area contributed by atoms with Crippen molar-refractivity contribution in [1.29, 1.82) is 0 Å². The van der Waals surface area contributed by atoms with Gasteiger partial charge in [0.2, 0.25) is 0 Å². The molecule has 7 heteroatoms. The van der Waals surface area contributed by atoms with Gasteiger partial charge in [-0.25, -0.2) is 15.0 Å². The summed E-state index contributed by atoms with van der Waals surface area (Å²) < 4.78 is 1.71. The lowest BCUT2D eigenvalue weighted by Crippen LogP contribution is -2.23. The monoisotopic (exact) mass is 287 g/mol. The highest BCUT2D eigenvalue weighted by atomic mass is 35.5. The van der Waals surface area contributed by atoms with E-state index < -0.39 is 0 Å². The van der Waals surface area contributed by atoms with Crippen LogP contribution in [0.2, 0.25) is 5.02 Å². The van der Waals surface area contributed by atoms with Gasteiger partial charge in [0.1, 0.15) is 17.7 Å². The lowest BCUT2D eigenvalue weighted by Gasteiger charge is -2.01. The van der Waals surface area contributed by atoms with Crippen LogP contribution in [0.5, 0.6) is 0 Å². The van der Waals surface area contributed by atoms with Crippen molar-refractivity contribution in [2.75, 3.05) is 0 Å². The molecule has 3 heterocycles. The van der Waals surface area contributed by atoms with Crippen LogP contribution < -0.4 is 5.32 Å². The maximum atomic E-state index is 12.0. The van der Waals surface area contributed by atoms with Crippen LogP contribution in [-0.2, 0) is 6.54 Å². The third kappa shape index (κ3) is 2.60. The summed E-state index contributed by atoms with van der Waals surface area (Å²) >= 11 is 5.89. The highest BCUT2D eigenvalue weighted by Gasteiger charge is 2.10. The van der Waals surface area contributed by atoms with Gasteiger partial charge in [-0.2, -0.15) is 0 Å². The van der Waals surface area contributed by atoms with Crippen molar-refractivity contribution in [3.05, 3.63) is 59.5 Å². The molecule has 20 heavy (non-hydrogen) atoms. The predicted octanol–water partition coefficient (Wildman–Crippen LogP) is 1.71. The van der Waals surface area contributed by atoms with Crippen molar-refractivity contribution >= 4 is 23.2 Å². The number of carbonyl (C=O) groups is 1. The molecule has 3 aromatic heterocycles. The van der Waals surface area contributed by atoms with E-state index in [2.05, 4.69) is 20.3 Å². The van der Waals surface area contributed by atoms with Crippen LogP contribution >= 0.6 is 11.6 Å². The number of pyridine rings is 1. The first-order chi connectivity index (χ1) is 9.72. The van der Waals surface area contributed by atoms with Crippen molar-refractivity contribution in [1.82, 2.24) is 24.7 Å². The minimum atomic E-state index is -0.261. The number of rotatable bonds is 3. The Morgan fingerprint density at radius 1 is 1.30 bits per heavy atom. The average molecular weight is 288 g/mol. The molecule has 0 unspecified atom stereocenters.